The lowest BCUT2D eigenvalue weighted by Gasteiger charge is -2.18. The molecule has 152 valence electrons. The molecule has 29 heavy (non-hydrogen) atoms. The highest BCUT2D eigenvalue weighted by Crippen LogP contribution is 2.30. The summed E-state index contributed by atoms with van der Waals surface area (Å²) in [7, 11) is 0. The molecule has 2 aromatic carbocycles. The molecule has 7 heteroatoms. The maximum atomic E-state index is 12.3. The molecule has 0 aliphatic carbocycles. The molecule has 1 atom stereocenters. The number of fused-ring (bicyclic) bond motifs is 1. The standard InChI is InChI=1S/C22H22O7/c23-19(16-5-8-20-21(12-16)27-11-10-26-20)14-29-22(24)15-3-6-17(7-4-15)28-13-18-2-1-9-25-18/h3-8,12,18H,1-2,9-11,13-14H2/t18-/m1/s1. The van der Waals surface area contributed by atoms with Crippen LogP contribution in [0, 0.1) is 0 Å². The molecule has 7 nitrogen and oxygen atoms in total. The molecule has 2 aliphatic rings. The van der Waals surface area contributed by atoms with Crippen LogP contribution in [0.2, 0.25) is 0 Å². The lowest BCUT2D eigenvalue weighted by atomic mass is 10.1. The van der Waals surface area contributed by atoms with E-state index in [1.54, 1.807) is 42.5 Å². The van der Waals surface area contributed by atoms with Crippen molar-refractivity contribution in [2.24, 2.45) is 0 Å². The summed E-state index contributed by atoms with van der Waals surface area (Å²) in [6, 6.07) is 11.5. The van der Waals surface area contributed by atoms with E-state index in [4.69, 9.17) is 23.7 Å². The first-order valence-corrected chi connectivity index (χ1v) is 9.63. The first-order chi connectivity index (χ1) is 14.2. The van der Waals surface area contributed by atoms with Gasteiger partial charge in [-0.2, -0.15) is 0 Å². The van der Waals surface area contributed by atoms with Crippen molar-refractivity contribution in [1.82, 2.24) is 0 Å². The van der Waals surface area contributed by atoms with Gasteiger partial charge in [-0.3, -0.25) is 4.79 Å². The van der Waals surface area contributed by atoms with Crippen molar-refractivity contribution >= 4 is 11.8 Å². The molecule has 0 spiro atoms. The Hall–Kier alpha value is -3.06. The molecule has 2 aromatic rings. The zero-order valence-electron chi connectivity index (χ0n) is 15.9. The van der Waals surface area contributed by atoms with Crippen molar-refractivity contribution in [3.63, 3.8) is 0 Å². The van der Waals surface area contributed by atoms with Gasteiger partial charge in [-0.15, -0.1) is 0 Å². The van der Waals surface area contributed by atoms with Crippen LogP contribution in [0.15, 0.2) is 42.5 Å². The number of hydrogen-bond acceptors (Lipinski definition) is 7. The highest BCUT2D eigenvalue weighted by molar-refractivity contribution is 5.99. The number of rotatable bonds is 7. The number of carbonyl (C=O) groups excluding carboxylic acids is 2. The van der Waals surface area contributed by atoms with E-state index in [0.29, 0.717) is 48.2 Å². The van der Waals surface area contributed by atoms with Crippen molar-refractivity contribution in [3.05, 3.63) is 53.6 Å². The highest BCUT2D eigenvalue weighted by atomic mass is 16.6. The first kappa shape index (κ1) is 19.3. The van der Waals surface area contributed by atoms with Crippen LogP contribution >= 0.6 is 0 Å². The van der Waals surface area contributed by atoms with E-state index in [1.165, 1.54) is 0 Å². The monoisotopic (exact) mass is 398 g/mol. The minimum absolute atomic E-state index is 0.131. The minimum atomic E-state index is -0.568. The van der Waals surface area contributed by atoms with Crippen LogP contribution in [0.25, 0.3) is 0 Å². The third kappa shape index (κ3) is 4.86. The van der Waals surface area contributed by atoms with Crippen LogP contribution in [-0.2, 0) is 9.47 Å². The summed E-state index contributed by atoms with van der Waals surface area (Å²) in [6.45, 7) is 1.84. The van der Waals surface area contributed by atoms with Crippen LogP contribution in [0.3, 0.4) is 0 Å². The van der Waals surface area contributed by atoms with Crippen molar-refractivity contribution in [2.45, 2.75) is 18.9 Å². The van der Waals surface area contributed by atoms with Crippen LogP contribution in [0.1, 0.15) is 33.6 Å². The number of Topliss-reactive ketones (excluding diaryl/α,β-unsaturated/α-hetero) is 1. The molecule has 0 bridgehead atoms. The van der Waals surface area contributed by atoms with Gasteiger partial charge in [0.2, 0.25) is 0 Å². The normalized spacial score (nSPS) is 17.6. The summed E-state index contributed by atoms with van der Waals surface area (Å²) in [6.07, 6.45) is 2.19. The average molecular weight is 398 g/mol. The van der Waals surface area contributed by atoms with Crippen molar-refractivity contribution in [2.75, 3.05) is 33.0 Å². The van der Waals surface area contributed by atoms with E-state index in [-0.39, 0.29) is 18.5 Å². The molecule has 2 aliphatic heterocycles. The average Bonchev–Trinajstić information content (AvgIpc) is 3.29. The fourth-order valence-electron chi connectivity index (χ4n) is 3.17. The Balaban J connectivity index is 1.28. The van der Waals surface area contributed by atoms with Crippen molar-refractivity contribution in [3.8, 4) is 17.2 Å². The molecule has 0 N–H and O–H groups in total. The predicted molar refractivity (Wildman–Crippen MR) is 103 cm³/mol. The smallest absolute Gasteiger partial charge is 0.338 e. The Kier molecular flexibility index (Phi) is 5.95. The van der Waals surface area contributed by atoms with E-state index in [1.807, 2.05) is 0 Å². The van der Waals surface area contributed by atoms with Crippen LogP contribution in [0.5, 0.6) is 17.2 Å². The zero-order valence-corrected chi connectivity index (χ0v) is 15.9. The fourth-order valence-corrected chi connectivity index (χ4v) is 3.17. The maximum absolute atomic E-state index is 12.3. The topological polar surface area (TPSA) is 80.3 Å². The Labute approximate surface area is 168 Å². The molecule has 2 heterocycles. The number of hydrogen-bond donors (Lipinski definition) is 0. The van der Waals surface area contributed by atoms with Gasteiger partial charge in [-0.1, -0.05) is 0 Å². The lowest BCUT2D eigenvalue weighted by Crippen LogP contribution is -2.17. The fraction of sp³-hybridized carbons (Fsp3) is 0.364. The van der Waals surface area contributed by atoms with E-state index < -0.39 is 5.97 Å². The third-order valence-electron chi connectivity index (χ3n) is 4.75. The number of benzene rings is 2. The highest BCUT2D eigenvalue weighted by Gasteiger charge is 2.18. The van der Waals surface area contributed by atoms with Crippen LogP contribution in [0.4, 0.5) is 0 Å². The number of carbonyl (C=O) groups is 2. The number of ether oxygens (including phenoxy) is 5. The molecule has 0 unspecified atom stereocenters. The Morgan fingerprint density at radius 1 is 0.931 bits per heavy atom. The minimum Gasteiger partial charge on any atom is -0.491 e. The summed E-state index contributed by atoms with van der Waals surface area (Å²) in [5.41, 5.74) is 0.754. The van der Waals surface area contributed by atoms with E-state index in [0.717, 1.165) is 19.4 Å². The van der Waals surface area contributed by atoms with Gasteiger partial charge < -0.3 is 23.7 Å². The molecule has 0 amide bonds. The molecular formula is C22H22O7. The maximum Gasteiger partial charge on any atom is 0.338 e. The van der Waals surface area contributed by atoms with Gasteiger partial charge in [0.05, 0.1) is 11.7 Å². The van der Waals surface area contributed by atoms with E-state index in [2.05, 4.69) is 0 Å². The van der Waals surface area contributed by atoms with Gasteiger partial charge in [-0.05, 0) is 55.3 Å². The van der Waals surface area contributed by atoms with E-state index in [9.17, 15) is 9.59 Å². The van der Waals surface area contributed by atoms with Gasteiger partial charge in [0, 0.05) is 12.2 Å². The molecule has 0 aromatic heterocycles. The van der Waals surface area contributed by atoms with Crippen LogP contribution < -0.4 is 14.2 Å². The van der Waals surface area contributed by atoms with Gasteiger partial charge >= 0.3 is 5.97 Å². The summed E-state index contributed by atoms with van der Waals surface area (Å²) in [4.78, 5) is 24.5. The molecule has 1 fully saturated rings. The summed E-state index contributed by atoms with van der Waals surface area (Å²) in [5.74, 6) is 0.899. The van der Waals surface area contributed by atoms with Crippen molar-refractivity contribution in [1.29, 1.82) is 0 Å². The Morgan fingerprint density at radius 3 is 2.45 bits per heavy atom. The Morgan fingerprint density at radius 2 is 1.69 bits per heavy atom. The molecule has 1 saturated heterocycles. The van der Waals surface area contributed by atoms with Gasteiger partial charge in [0.15, 0.2) is 23.9 Å². The molecule has 4 rings (SSSR count). The second kappa shape index (κ2) is 8.96. The lowest BCUT2D eigenvalue weighted by molar-refractivity contribution is 0.0474. The zero-order chi connectivity index (χ0) is 20.1. The second-order valence-electron chi connectivity index (χ2n) is 6.83. The van der Waals surface area contributed by atoms with Gasteiger partial charge in [-0.25, -0.2) is 4.79 Å². The quantitative estimate of drug-likeness (QED) is 0.524. The molecule has 0 radical (unpaired) electrons. The molecule has 0 saturated carbocycles. The number of ketones is 1. The van der Waals surface area contributed by atoms with Crippen LogP contribution in [-0.4, -0.2) is 50.9 Å². The Bertz CT molecular complexity index is 869. The largest absolute Gasteiger partial charge is 0.491 e. The summed E-state index contributed by atoms with van der Waals surface area (Å²) < 4.78 is 27.2. The SMILES string of the molecule is O=C(COC(=O)c1ccc(OC[C@H]2CCCO2)cc1)c1ccc2c(c1)OCCO2. The second-order valence-corrected chi connectivity index (χ2v) is 6.83. The predicted octanol–water partition coefficient (Wildman–Crippen LogP) is 3.06. The first-order valence-electron chi connectivity index (χ1n) is 9.63. The third-order valence-corrected chi connectivity index (χ3v) is 4.75. The van der Waals surface area contributed by atoms with E-state index >= 15 is 0 Å². The number of esters is 1. The summed E-state index contributed by atoms with van der Waals surface area (Å²) in [5, 5.41) is 0. The van der Waals surface area contributed by atoms with Crippen molar-refractivity contribution < 1.29 is 33.3 Å². The van der Waals surface area contributed by atoms with Gasteiger partial charge in [0.1, 0.15) is 25.6 Å². The molecular weight excluding hydrogens is 376 g/mol. The summed E-state index contributed by atoms with van der Waals surface area (Å²) >= 11 is 0. The van der Waals surface area contributed by atoms with Gasteiger partial charge in [0.25, 0.3) is 0 Å².